The second-order valence-electron chi connectivity index (χ2n) is 11.3. The maximum atomic E-state index is 10.1. The summed E-state index contributed by atoms with van der Waals surface area (Å²) in [5.74, 6) is 2.11. The summed E-state index contributed by atoms with van der Waals surface area (Å²) in [6.07, 6.45) is 13.9. The minimum atomic E-state index is -0.615. The molecule has 3 fully saturated rings. The van der Waals surface area contributed by atoms with Gasteiger partial charge in [0, 0.05) is 6.42 Å². The first kappa shape index (κ1) is 23.8. The normalized spacial score (nSPS) is 38.8. The minimum Gasteiger partial charge on any atom is -0.393 e. The number of hydrogen-bond donors (Lipinski definition) is 3. The molecule has 2 unspecified atom stereocenters. The zero-order chi connectivity index (χ0) is 22.1. The Morgan fingerprint density at radius 2 is 1.97 bits per heavy atom. The van der Waals surface area contributed by atoms with Gasteiger partial charge in [0.1, 0.15) is 0 Å². The average Bonchev–Trinajstić information content (AvgIpc) is 3.00. The second-order valence-corrected chi connectivity index (χ2v) is 11.3. The fourth-order valence-corrected chi connectivity index (χ4v) is 6.74. The Labute approximate surface area is 184 Å². The van der Waals surface area contributed by atoms with Crippen molar-refractivity contribution in [1.29, 1.82) is 0 Å². The van der Waals surface area contributed by atoms with E-state index in [9.17, 15) is 15.3 Å². The summed E-state index contributed by atoms with van der Waals surface area (Å²) in [6, 6.07) is 0. The van der Waals surface area contributed by atoms with Crippen molar-refractivity contribution < 1.29 is 15.3 Å². The van der Waals surface area contributed by atoms with Crippen LogP contribution in [0.3, 0.4) is 0 Å². The van der Waals surface area contributed by atoms with E-state index in [0.717, 1.165) is 29.9 Å². The molecule has 0 spiro atoms. The molecule has 3 heteroatoms. The topological polar surface area (TPSA) is 60.7 Å². The van der Waals surface area contributed by atoms with Crippen molar-refractivity contribution >= 4 is 0 Å². The van der Waals surface area contributed by atoms with E-state index in [1.165, 1.54) is 38.5 Å². The average molecular weight is 417 g/mol. The van der Waals surface area contributed by atoms with Crippen LogP contribution in [0.5, 0.6) is 0 Å². The van der Waals surface area contributed by atoms with Crippen molar-refractivity contribution in [3.63, 3.8) is 0 Å². The van der Waals surface area contributed by atoms with Crippen LogP contribution in [0.2, 0.25) is 0 Å². The van der Waals surface area contributed by atoms with Crippen molar-refractivity contribution in [3.8, 4) is 0 Å². The first-order valence-electron chi connectivity index (χ1n) is 12.2. The lowest BCUT2D eigenvalue weighted by Crippen LogP contribution is -2.36. The Kier molecular flexibility index (Phi) is 7.37. The molecule has 0 heterocycles. The zero-order valence-electron chi connectivity index (χ0n) is 19.7. The van der Waals surface area contributed by atoms with Crippen LogP contribution in [0.15, 0.2) is 35.5 Å². The Morgan fingerprint density at radius 1 is 1.23 bits per heavy atom. The number of rotatable bonds is 6. The van der Waals surface area contributed by atoms with E-state index in [0.29, 0.717) is 30.1 Å². The van der Waals surface area contributed by atoms with E-state index in [-0.39, 0.29) is 0 Å². The fourth-order valence-electron chi connectivity index (χ4n) is 6.74. The Bertz CT molecular complexity index is 683. The van der Waals surface area contributed by atoms with Gasteiger partial charge >= 0.3 is 0 Å². The molecule has 0 bridgehead atoms. The molecule has 3 saturated carbocycles. The first-order valence-corrected chi connectivity index (χ1v) is 12.2. The molecular weight excluding hydrogens is 372 g/mol. The Morgan fingerprint density at radius 3 is 2.67 bits per heavy atom. The number of aliphatic hydroxyl groups excluding tert-OH is 2. The summed E-state index contributed by atoms with van der Waals surface area (Å²) < 4.78 is 0. The van der Waals surface area contributed by atoms with Crippen molar-refractivity contribution in [2.45, 2.75) is 110 Å². The molecule has 0 saturated heterocycles. The van der Waals surface area contributed by atoms with Gasteiger partial charge in [0.25, 0.3) is 0 Å². The van der Waals surface area contributed by atoms with E-state index in [1.807, 2.05) is 13.8 Å². The number of allylic oxidation sites excluding steroid dienone is 3. The van der Waals surface area contributed by atoms with Crippen LogP contribution >= 0.6 is 0 Å². The minimum absolute atomic E-state index is 0.374. The first-order chi connectivity index (χ1) is 14.0. The van der Waals surface area contributed by atoms with Crippen molar-refractivity contribution in [1.82, 2.24) is 0 Å². The SMILES string of the molecule is C=C1C(=CC=C2CCC[C@@]3(C)C2CCC3[C@@H](C)CCCC(C)(C)O)C[C@@H](O)C[C@@H]1O. The third-order valence-corrected chi connectivity index (χ3v) is 8.44. The fraction of sp³-hybridized carbons (Fsp3) is 0.778. The molecule has 3 nitrogen and oxygen atoms in total. The number of aliphatic hydroxyl groups is 3. The summed E-state index contributed by atoms with van der Waals surface area (Å²) in [5, 5.41) is 30.2. The van der Waals surface area contributed by atoms with Crippen LogP contribution in [0.25, 0.3) is 0 Å². The van der Waals surface area contributed by atoms with Gasteiger partial charge in [0.2, 0.25) is 0 Å². The van der Waals surface area contributed by atoms with Gasteiger partial charge in [-0.2, -0.15) is 0 Å². The van der Waals surface area contributed by atoms with E-state index in [1.54, 1.807) is 5.57 Å². The van der Waals surface area contributed by atoms with Gasteiger partial charge in [-0.15, -0.1) is 0 Å². The lowest BCUT2D eigenvalue weighted by Gasteiger charge is -2.44. The van der Waals surface area contributed by atoms with Gasteiger partial charge < -0.3 is 15.3 Å². The third kappa shape index (κ3) is 5.29. The molecule has 30 heavy (non-hydrogen) atoms. The van der Waals surface area contributed by atoms with Gasteiger partial charge in [-0.1, -0.05) is 51.0 Å². The van der Waals surface area contributed by atoms with Crippen LogP contribution in [0.1, 0.15) is 91.9 Å². The van der Waals surface area contributed by atoms with Crippen LogP contribution < -0.4 is 0 Å². The summed E-state index contributed by atoms with van der Waals surface area (Å²) >= 11 is 0. The number of hydrogen-bond acceptors (Lipinski definition) is 3. The highest BCUT2D eigenvalue weighted by atomic mass is 16.3. The summed E-state index contributed by atoms with van der Waals surface area (Å²) in [6.45, 7) is 12.8. The third-order valence-electron chi connectivity index (χ3n) is 8.44. The second kappa shape index (κ2) is 9.30. The van der Waals surface area contributed by atoms with Crippen molar-refractivity contribution in [3.05, 3.63) is 35.5 Å². The van der Waals surface area contributed by atoms with Gasteiger partial charge in [-0.3, -0.25) is 0 Å². The molecule has 3 aliphatic carbocycles. The monoisotopic (exact) mass is 416 g/mol. The highest BCUT2D eigenvalue weighted by molar-refractivity contribution is 5.38. The van der Waals surface area contributed by atoms with Gasteiger partial charge in [0.05, 0.1) is 17.8 Å². The smallest absolute Gasteiger partial charge is 0.0811 e. The molecule has 6 atom stereocenters. The van der Waals surface area contributed by atoms with Gasteiger partial charge in [-0.25, -0.2) is 0 Å². The molecule has 0 aliphatic heterocycles. The van der Waals surface area contributed by atoms with E-state index in [2.05, 4.69) is 32.6 Å². The lowest BCUT2D eigenvalue weighted by molar-refractivity contribution is 0.0596. The summed E-state index contributed by atoms with van der Waals surface area (Å²) in [7, 11) is 0. The molecule has 0 radical (unpaired) electrons. The molecule has 170 valence electrons. The Balaban J connectivity index is 1.70. The maximum Gasteiger partial charge on any atom is 0.0811 e. The summed E-state index contributed by atoms with van der Waals surface area (Å²) in [4.78, 5) is 0. The standard InChI is InChI=1S/C27H44O3/c1-18(8-6-14-26(3,4)30)23-12-13-24-20(9-7-15-27(23,24)5)10-11-21-16-22(28)17-25(29)19(21)2/h10-11,18,22-25,28-30H,2,6-9,12-17H2,1,3-5H3/t18-,22+,23?,24?,25-,27+/m0/s1. The molecule has 0 aromatic rings. The summed E-state index contributed by atoms with van der Waals surface area (Å²) in [5.41, 5.74) is 3.17. The molecule has 3 aliphatic rings. The number of fused-ring (bicyclic) bond motifs is 1. The molecule has 0 amide bonds. The molecule has 3 rings (SSSR count). The highest BCUT2D eigenvalue weighted by Gasteiger charge is 2.50. The lowest BCUT2D eigenvalue weighted by atomic mass is 9.60. The van der Waals surface area contributed by atoms with E-state index < -0.39 is 17.8 Å². The molecular formula is C27H44O3. The van der Waals surface area contributed by atoms with E-state index >= 15 is 0 Å². The molecule has 0 aromatic heterocycles. The predicted octanol–water partition coefficient (Wildman–Crippen LogP) is 5.70. The van der Waals surface area contributed by atoms with Crippen molar-refractivity contribution in [2.75, 3.05) is 0 Å². The van der Waals surface area contributed by atoms with Crippen LogP contribution in [-0.4, -0.2) is 33.1 Å². The molecule has 0 aromatic carbocycles. The Hall–Kier alpha value is -0.900. The van der Waals surface area contributed by atoms with E-state index in [4.69, 9.17) is 0 Å². The zero-order valence-corrected chi connectivity index (χ0v) is 19.7. The van der Waals surface area contributed by atoms with Crippen molar-refractivity contribution in [2.24, 2.45) is 23.2 Å². The van der Waals surface area contributed by atoms with Crippen LogP contribution in [0, 0.1) is 23.2 Å². The van der Waals surface area contributed by atoms with Crippen LogP contribution in [-0.2, 0) is 0 Å². The van der Waals surface area contributed by atoms with Gasteiger partial charge in [0.15, 0.2) is 0 Å². The maximum absolute atomic E-state index is 10.1. The predicted molar refractivity (Wildman–Crippen MR) is 124 cm³/mol. The quantitative estimate of drug-likeness (QED) is 0.520. The largest absolute Gasteiger partial charge is 0.393 e. The molecule has 3 N–H and O–H groups in total. The van der Waals surface area contributed by atoms with Gasteiger partial charge in [-0.05, 0) is 93.1 Å². The van der Waals surface area contributed by atoms with Crippen LogP contribution in [0.4, 0.5) is 0 Å². The highest BCUT2D eigenvalue weighted by Crippen LogP contribution is 2.60.